The predicted octanol–water partition coefficient (Wildman–Crippen LogP) is -0.541. The lowest BCUT2D eigenvalue weighted by atomic mass is 9.82. The first-order valence-corrected chi connectivity index (χ1v) is 4.36. The molecule has 1 aliphatic heterocycles. The molecule has 3 atom stereocenters. The zero-order valence-corrected chi connectivity index (χ0v) is 7.14. The number of hydrogen-bond acceptors (Lipinski definition) is 4. The Hall–Kier alpha value is -0.870. The number of fused-ring (bicyclic) bond motifs is 1. The first-order valence-electron chi connectivity index (χ1n) is 4.36. The number of ether oxygens (including phenoxy) is 1. The van der Waals surface area contributed by atoms with E-state index >= 15 is 0 Å². The second-order valence-electron chi connectivity index (χ2n) is 3.61. The van der Waals surface area contributed by atoms with Crippen molar-refractivity contribution in [2.24, 2.45) is 11.8 Å². The van der Waals surface area contributed by atoms with Crippen molar-refractivity contribution in [2.45, 2.75) is 12.0 Å². The third-order valence-electron chi connectivity index (χ3n) is 2.80. The van der Waals surface area contributed by atoms with Crippen LogP contribution in [0, 0.1) is 11.8 Å². The van der Waals surface area contributed by atoms with E-state index in [2.05, 4.69) is 0 Å². The third kappa shape index (κ3) is 1.17. The summed E-state index contributed by atoms with van der Waals surface area (Å²) in [5.41, 5.74) is -1.40. The molecule has 72 valence electrons. The van der Waals surface area contributed by atoms with Gasteiger partial charge >= 0.3 is 5.97 Å². The molecule has 0 aromatic rings. The molecule has 0 amide bonds. The Balaban J connectivity index is 2.27. The fourth-order valence-corrected chi connectivity index (χ4v) is 2.05. The van der Waals surface area contributed by atoms with Gasteiger partial charge < -0.3 is 14.9 Å². The molecule has 0 spiro atoms. The Kier molecular flexibility index (Phi) is 1.89. The zero-order chi connectivity index (χ0) is 9.47. The molecule has 0 aromatic carbocycles. The van der Waals surface area contributed by atoms with Gasteiger partial charge in [0.25, 0.3) is 0 Å². The van der Waals surface area contributed by atoms with Crippen LogP contribution in [0.1, 0.15) is 6.42 Å². The van der Waals surface area contributed by atoms with E-state index in [9.17, 15) is 9.90 Å². The van der Waals surface area contributed by atoms with E-state index in [0.29, 0.717) is 6.61 Å². The van der Waals surface area contributed by atoms with Gasteiger partial charge in [0, 0.05) is 0 Å². The van der Waals surface area contributed by atoms with Gasteiger partial charge in [-0.2, -0.15) is 0 Å². The summed E-state index contributed by atoms with van der Waals surface area (Å²) < 4.78 is 4.84. The second-order valence-corrected chi connectivity index (χ2v) is 3.61. The molecule has 1 fully saturated rings. The van der Waals surface area contributed by atoms with Crippen molar-refractivity contribution in [1.82, 2.24) is 0 Å². The molecule has 0 aromatic heterocycles. The predicted molar refractivity (Wildman–Crippen MR) is 43.7 cm³/mol. The molecule has 1 heterocycles. The lowest BCUT2D eigenvalue weighted by Gasteiger charge is -2.32. The Morgan fingerprint density at radius 1 is 1.69 bits per heavy atom. The van der Waals surface area contributed by atoms with Crippen LogP contribution in [-0.2, 0) is 9.53 Å². The summed E-state index contributed by atoms with van der Waals surface area (Å²) >= 11 is 0. The molecule has 1 aliphatic carbocycles. The van der Waals surface area contributed by atoms with Crippen LogP contribution in [0.2, 0.25) is 0 Å². The van der Waals surface area contributed by atoms with Crippen molar-refractivity contribution in [3.8, 4) is 0 Å². The molecule has 2 rings (SSSR count). The minimum atomic E-state index is -1.40. The van der Waals surface area contributed by atoms with E-state index in [1.165, 1.54) is 6.08 Å². The molecule has 2 aliphatic rings. The standard InChI is InChI=1S/C9H12O4/c10-5-9(12)3-1-6-2-4-13-8(11)7(6)9/h1,3,6-7,10,12H,2,4-5H2. The minimum Gasteiger partial charge on any atom is -0.465 e. The van der Waals surface area contributed by atoms with E-state index in [4.69, 9.17) is 9.84 Å². The molecule has 4 nitrogen and oxygen atoms in total. The summed E-state index contributed by atoms with van der Waals surface area (Å²) in [7, 11) is 0. The van der Waals surface area contributed by atoms with Crippen LogP contribution >= 0.6 is 0 Å². The van der Waals surface area contributed by atoms with Gasteiger partial charge in [-0.25, -0.2) is 0 Å². The molecular weight excluding hydrogens is 172 g/mol. The van der Waals surface area contributed by atoms with Crippen molar-refractivity contribution >= 4 is 5.97 Å². The number of hydrogen-bond donors (Lipinski definition) is 2. The molecule has 0 saturated carbocycles. The summed E-state index contributed by atoms with van der Waals surface area (Å²) in [5.74, 6) is -0.984. The van der Waals surface area contributed by atoms with Crippen LogP contribution < -0.4 is 0 Å². The largest absolute Gasteiger partial charge is 0.465 e. The monoisotopic (exact) mass is 184 g/mol. The number of aliphatic hydroxyl groups excluding tert-OH is 1. The number of rotatable bonds is 1. The third-order valence-corrected chi connectivity index (χ3v) is 2.80. The SMILES string of the molecule is O=C1OCCC2C=CC(O)(CO)C12. The molecule has 4 heteroatoms. The van der Waals surface area contributed by atoms with Gasteiger partial charge in [-0.1, -0.05) is 12.2 Å². The Morgan fingerprint density at radius 3 is 3.15 bits per heavy atom. The van der Waals surface area contributed by atoms with Crippen molar-refractivity contribution in [1.29, 1.82) is 0 Å². The topological polar surface area (TPSA) is 66.8 Å². The van der Waals surface area contributed by atoms with Gasteiger partial charge in [0.2, 0.25) is 0 Å². The van der Waals surface area contributed by atoms with Crippen LogP contribution in [0.3, 0.4) is 0 Å². The van der Waals surface area contributed by atoms with E-state index in [0.717, 1.165) is 6.42 Å². The zero-order valence-electron chi connectivity index (χ0n) is 7.14. The Labute approximate surface area is 75.8 Å². The van der Waals surface area contributed by atoms with Crippen molar-refractivity contribution < 1.29 is 19.7 Å². The number of carbonyl (C=O) groups excluding carboxylic acids is 1. The van der Waals surface area contributed by atoms with Crippen LogP contribution in [0.5, 0.6) is 0 Å². The first kappa shape index (κ1) is 8.72. The molecule has 13 heavy (non-hydrogen) atoms. The van der Waals surface area contributed by atoms with Crippen LogP contribution in [0.15, 0.2) is 12.2 Å². The van der Waals surface area contributed by atoms with E-state index in [-0.39, 0.29) is 5.92 Å². The number of carbonyl (C=O) groups is 1. The van der Waals surface area contributed by atoms with Crippen LogP contribution in [0.4, 0.5) is 0 Å². The molecule has 1 saturated heterocycles. The van der Waals surface area contributed by atoms with Gasteiger partial charge in [0.1, 0.15) is 5.60 Å². The highest BCUT2D eigenvalue weighted by Gasteiger charge is 2.50. The lowest BCUT2D eigenvalue weighted by molar-refractivity contribution is -0.166. The molecule has 0 radical (unpaired) electrons. The minimum absolute atomic E-state index is 0.0263. The number of cyclic esters (lactones) is 1. The highest BCUT2D eigenvalue weighted by Crippen LogP contribution is 2.39. The molecular formula is C9H12O4. The molecule has 3 unspecified atom stereocenters. The van der Waals surface area contributed by atoms with Crippen LogP contribution in [0.25, 0.3) is 0 Å². The molecule has 0 bridgehead atoms. The fraction of sp³-hybridized carbons (Fsp3) is 0.667. The average Bonchev–Trinajstić information content (AvgIpc) is 2.47. The normalized spacial score (nSPS) is 43.1. The maximum absolute atomic E-state index is 11.3. The second kappa shape index (κ2) is 2.82. The molecule has 2 N–H and O–H groups in total. The highest BCUT2D eigenvalue weighted by atomic mass is 16.5. The van der Waals surface area contributed by atoms with E-state index < -0.39 is 24.1 Å². The van der Waals surface area contributed by atoms with E-state index in [1.807, 2.05) is 0 Å². The number of allylic oxidation sites excluding steroid dienone is 1. The summed E-state index contributed by atoms with van der Waals surface area (Å²) in [5, 5.41) is 18.8. The Bertz CT molecular complexity index is 260. The van der Waals surface area contributed by atoms with Gasteiger partial charge in [-0.15, -0.1) is 0 Å². The van der Waals surface area contributed by atoms with E-state index in [1.54, 1.807) is 6.08 Å². The van der Waals surface area contributed by atoms with Gasteiger partial charge in [-0.05, 0) is 12.3 Å². The quantitative estimate of drug-likeness (QED) is 0.424. The number of esters is 1. The summed E-state index contributed by atoms with van der Waals surface area (Å²) in [6.45, 7) is -0.0222. The smallest absolute Gasteiger partial charge is 0.312 e. The summed E-state index contributed by atoms with van der Waals surface area (Å²) in [6, 6.07) is 0. The highest BCUT2D eigenvalue weighted by molar-refractivity contribution is 5.76. The van der Waals surface area contributed by atoms with Crippen molar-refractivity contribution in [3.63, 3.8) is 0 Å². The maximum atomic E-state index is 11.3. The van der Waals surface area contributed by atoms with Gasteiger partial charge in [0.15, 0.2) is 0 Å². The Morgan fingerprint density at radius 2 is 2.46 bits per heavy atom. The number of aliphatic hydroxyl groups is 2. The lowest BCUT2D eigenvalue weighted by Crippen LogP contribution is -2.47. The van der Waals surface area contributed by atoms with Gasteiger partial charge in [0.05, 0.1) is 19.1 Å². The summed E-state index contributed by atoms with van der Waals surface area (Å²) in [6.07, 6.45) is 4.03. The van der Waals surface area contributed by atoms with Gasteiger partial charge in [-0.3, -0.25) is 4.79 Å². The average molecular weight is 184 g/mol. The van der Waals surface area contributed by atoms with Crippen molar-refractivity contribution in [2.75, 3.05) is 13.2 Å². The summed E-state index contributed by atoms with van der Waals surface area (Å²) in [4.78, 5) is 11.3. The van der Waals surface area contributed by atoms with Crippen molar-refractivity contribution in [3.05, 3.63) is 12.2 Å². The first-order chi connectivity index (χ1) is 6.17. The maximum Gasteiger partial charge on any atom is 0.312 e. The van der Waals surface area contributed by atoms with Crippen LogP contribution in [-0.4, -0.2) is 35.0 Å². The fourth-order valence-electron chi connectivity index (χ4n) is 2.05.